The van der Waals surface area contributed by atoms with Gasteiger partial charge in [-0.1, -0.05) is 31.0 Å². The number of hydrogen-bond acceptors (Lipinski definition) is 4. The van der Waals surface area contributed by atoms with Gasteiger partial charge in [0.1, 0.15) is 5.75 Å². The number of para-hydroxylation sites is 1. The molecule has 0 heterocycles. The van der Waals surface area contributed by atoms with Crippen LogP contribution in [-0.2, 0) is 0 Å². The van der Waals surface area contributed by atoms with Crippen molar-refractivity contribution < 1.29 is 4.74 Å². The number of nitriles is 1. The minimum absolute atomic E-state index is 0.630. The second-order valence-corrected chi connectivity index (χ2v) is 5.39. The van der Waals surface area contributed by atoms with Gasteiger partial charge in [-0.25, -0.2) is 0 Å². The SMILES string of the molecule is N#CCCCCCCOc1ccc(N(N=O)c2ccccc2)cc1. The highest BCUT2D eigenvalue weighted by atomic mass is 16.5. The van der Waals surface area contributed by atoms with Crippen molar-refractivity contribution in [3.05, 3.63) is 59.5 Å². The van der Waals surface area contributed by atoms with Crippen LogP contribution in [-0.4, -0.2) is 6.61 Å². The van der Waals surface area contributed by atoms with Gasteiger partial charge in [-0.15, -0.1) is 4.91 Å². The standard InChI is InChI=1S/C19H21N3O2/c20-15-7-2-1-3-8-16-24-19-13-11-18(12-14-19)22(21-23)17-9-5-4-6-10-17/h4-6,9-14H,1-3,7-8,16H2. The Morgan fingerprint density at radius 2 is 1.58 bits per heavy atom. The third-order valence-electron chi connectivity index (χ3n) is 3.62. The Bertz CT molecular complexity index is 651. The molecule has 0 aromatic heterocycles. The Morgan fingerprint density at radius 3 is 2.25 bits per heavy atom. The van der Waals surface area contributed by atoms with Crippen molar-refractivity contribution in [2.45, 2.75) is 32.1 Å². The average Bonchev–Trinajstić information content (AvgIpc) is 2.64. The van der Waals surface area contributed by atoms with Gasteiger partial charge in [0.05, 0.1) is 29.3 Å². The average molecular weight is 323 g/mol. The molecule has 0 bridgehead atoms. The zero-order valence-corrected chi connectivity index (χ0v) is 13.6. The summed E-state index contributed by atoms with van der Waals surface area (Å²) in [5.74, 6) is 0.773. The monoisotopic (exact) mass is 323 g/mol. The summed E-state index contributed by atoms with van der Waals surface area (Å²) in [4.78, 5) is 11.1. The molecule has 0 saturated carbocycles. The van der Waals surface area contributed by atoms with Crippen LogP contribution in [0.25, 0.3) is 0 Å². The van der Waals surface area contributed by atoms with E-state index in [4.69, 9.17) is 10.00 Å². The number of nitroso groups, excluding NO2 is 1. The zero-order valence-electron chi connectivity index (χ0n) is 13.6. The number of unbranched alkanes of at least 4 members (excludes halogenated alkanes) is 4. The Balaban J connectivity index is 1.82. The van der Waals surface area contributed by atoms with Gasteiger partial charge in [-0.05, 0) is 49.2 Å². The van der Waals surface area contributed by atoms with Crippen molar-refractivity contribution in [1.29, 1.82) is 5.26 Å². The molecule has 0 aliphatic heterocycles. The maximum absolute atomic E-state index is 11.1. The summed E-state index contributed by atoms with van der Waals surface area (Å²) < 4.78 is 5.69. The molecular formula is C19H21N3O2. The van der Waals surface area contributed by atoms with E-state index in [0.29, 0.717) is 18.7 Å². The van der Waals surface area contributed by atoms with E-state index in [-0.39, 0.29) is 0 Å². The Kier molecular flexibility index (Phi) is 7.29. The third-order valence-corrected chi connectivity index (χ3v) is 3.62. The van der Waals surface area contributed by atoms with Gasteiger partial charge in [-0.3, -0.25) is 0 Å². The lowest BCUT2D eigenvalue weighted by Crippen LogP contribution is -2.07. The zero-order chi connectivity index (χ0) is 17.0. The second-order valence-electron chi connectivity index (χ2n) is 5.39. The summed E-state index contributed by atoms with van der Waals surface area (Å²) in [5, 5.41) is 12.9. The first kappa shape index (κ1) is 17.5. The molecule has 0 unspecified atom stereocenters. The predicted octanol–water partition coefficient (Wildman–Crippen LogP) is 5.36. The van der Waals surface area contributed by atoms with E-state index < -0.39 is 0 Å². The molecule has 0 saturated heterocycles. The molecule has 5 heteroatoms. The molecule has 0 N–H and O–H groups in total. The highest BCUT2D eigenvalue weighted by Gasteiger charge is 2.09. The largest absolute Gasteiger partial charge is 0.494 e. The highest BCUT2D eigenvalue weighted by Crippen LogP contribution is 2.27. The van der Waals surface area contributed by atoms with Gasteiger partial charge in [0.15, 0.2) is 0 Å². The van der Waals surface area contributed by atoms with Crippen molar-refractivity contribution in [1.82, 2.24) is 0 Å². The quantitative estimate of drug-likeness (QED) is 0.335. The van der Waals surface area contributed by atoms with Crippen LogP contribution in [0, 0.1) is 16.2 Å². The molecule has 5 nitrogen and oxygen atoms in total. The molecule has 124 valence electrons. The molecule has 0 amide bonds. The number of nitrogens with zero attached hydrogens (tertiary/aromatic N) is 3. The molecular weight excluding hydrogens is 302 g/mol. The van der Waals surface area contributed by atoms with Crippen molar-refractivity contribution in [2.24, 2.45) is 5.29 Å². The number of hydrogen-bond donors (Lipinski definition) is 0. The van der Waals surface area contributed by atoms with Crippen LogP contribution < -0.4 is 9.75 Å². The van der Waals surface area contributed by atoms with Gasteiger partial charge in [0, 0.05) is 6.42 Å². The van der Waals surface area contributed by atoms with Crippen LogP contribution in [0.5, 0.6) is 5.75 Å². The van der Waals surface area contributed by atoms with Crippen LogP contribution in [0.2, 0.25) is 0 Å². The van der Waals surface area contributed by atoms with Crippen LogP contribution in [0.15, 0.2) is 59.9 Å². The van der Waals surface area contributed by atoms with Gasteiger partial charge in [-0.2, -0.15) is 10.3 Å². The topological polar surface area (TPSA) is 65.7 Å². The van der Waals surface area contributed by atoms with Crippen molar-refractivity contribution >= 4 is 11.4 Å². The Hall–Kier alpha value is -2.87. The first-order valence-corrected chi connectivity index (χ1v) is 8.13. The summed E-state index contributed by atoms with van der Waals surface area (Å²) in [6, 6.07) is 18.7. The summed E-state index contributed by atoms with van der Waals surface area (Å²) in [5.41, 5.74) is 1.42. The summed E-state index contributed by atoms with van der Waals surface area (Å²) in [7, 11) is 0. The first-order valence-electron chi connectivity index (χ1n) is 8.13. The van der Waals surface area contributed by atoms with Gasteiger partial charge in [0.2, 0.25) is 0 Å². The Morgan fingerprint density at radius 1 is 0.917 bits per heavy atom. The molecule has 0 aliphatic rings. The predicted molar refractivity (Wildman–Crippen MR) is 95.0 cm³/mol. The lowest BCUT2D eigenvalue weighted by atomic mass is 10.2. The molecule has 0 aliphatic carbocycles. The van der Waals surface area contributed by atoms with Crippen LogP contribution >= 0.6 is 0 Å². The number of ether oxygens (including phenoxy) is 1. The molecule has 0 fully saturated rings. The fourth-order valence-corrected chi connectivity index (χ4v) is 2.35. The lowest BCUT2D eigenvalue weighted by molar-refractivity contribution is 0.305. The molecule has 24 heavy (non-hydrogen) atoms. The van der Waals surface area contributed by atoms with E-state index in [9.17, 15) is 4.91 Å². The van der Waals surface area contributed by atoms with Gasteiger partial charge in [0.25, 0.3) is 0 Å². The van der Waals surface area contributed by atoms with E-state index >= 15 is 0 Å². The number of anilines is 2. The number of benzene rings is 2. The fraction of sp³-hybridized carbons (Fsp3) is 0.316. The van der Waals surface area contributed by atoms with Crippen LogP contribution in [0.3, 0.4) is 0 Å². The van der Waals surface area contributed by atoms with E-state index in [1.54, 1.807) is 0 Å². The molecule has 0 atom stereocenters. The molecule has 0 spiro atoms. The summed E-state index contributed by atoms with van der Waals surface area (Å²) >= 11 is 0. The van der Waals surface area contributed by atoms with Crippen molar-refractivity contribution in [3.63, 3.8) is 0 Å². The van der Waals surface area contributed by atoms with Gasteiger partial charge < -0.3 is 4.74 Å². The van der Waals surface area contributed by atoms with E-state index in [2.05, 4.69) is 11.4 Å². The second kappa shape index (κ2) is 10.0. The maximum Gasteiger partial charge on any atom is 0.119 e. The van der Waals surface area contributed by atoms with Crippen LogP contribution in [0.4, 0.5) is 11.4 Å². The van der Waals surface area contributed by atoms with Gasteiger partial charge >= 0.3 is 0 Å². The lowest BCUT2D eigenvalue weighted by Gasteiger charge is -2.15. The van der Waals surface area contributed by atoms with E-state index in [0.717, 1.165) is 37.1 Å². The van der Waals surface area contributed by atoms with E-state index in [1.165, 1.54) is 5.01 Å². The molecule has 2 aromatic carbocycles. The maximum atomic E-state index is 11.1. The van der Waals surface area contributed by atoms with Crippen molar-refractivity contribution in [3.8, 4) is 11.8 Å². The smallest absolute Gasteiger partial charge is 0.119 e. The minimum Gasteiger partial charge on any atom is -0.494 e. The first-order chi connectivity index (χ1) is 11.8. The Labute approximate surface area is 142 Å². The number of rotatable bonds is 10. The molecule has 0 radical (unpaired) electrons. The summed E-state index contributed by atoms with van der Waals surface area (Å²) in [6.07, 6.45) is 4.69. The van der Waals surface area contributed by atoms with E-state index in [1.807, 2.05) is 54.6 Å². The fourth-order valence-electron chi connectivity index (χ4n) is 2.35. The molecule has 2 aromatic rings. The van der Waals surface area contributed by atoms with Crippen molar-refractivity contribution in [2.75, 3.05) is 11.6 Å². The third kappa shape index (κ3) is 5.40. The van der Waals surface area contributed by atoms with Crippen LogP contribution in [0.1, 0.15) is 32.1 Å². The highest BCUT2D eigenvalue weighted by molar-refractivity contribution is 5.62. The minimum atomic E-state index is 0.630. The summed E-state index contributed by atoms with van der Waals surface area (Å²) in [6.45, 7) is 0.653. The molecule has 2 rings (SSSR count). The normalized spacial score (nSPS) is 9.96.